The van der Waals surface area contributed by atoms with Crippen molar-refractivity contribution in [1.29, 1.82) is 0 Å². The summed E-state index contributed by atoms with van der Waals surface area (Å²) in [7, 11) is 3.06. The number of anilines is 2. The predicted octanol–water partition coefficient (Wildman–Crippen LogP) is 2.86. The van der Waals surface area contributed by atoms with Gasteiger partial charge in [-0.15, -0.1) is 0 Å². The number of hydrogen-bond donors (Lipinski definition) is 2. The third-order valence-corrected chi connectivity index (χ3v) is 3.82. The van der Waals surface area contributed by atoms with Gasteiger partial charge >= 0.3 is 0 Å². The summed E-state index contributed by atoms with van der Waals surface area (Å²) in [4.78, 5) is 32.2. The first-order valence-corrected chi connectivity index (χ1v) is 8.07. The molecule has 138 valence electrons. The lowest BCUT2D eigenvalue weighted by molar-refractivity contribution is -0.114. The van der Waals surface area contributed by atoms with Crippen molar-refractivity contribution in [2.75, 3.05) is 24.9 Å². The Morgan fingerprint density at radius 2 is 1.70 bits per heavy atom. The average Bonchev–Trinajstić information content (AvgIpc) is 2.66. The van der Waals surface area contributed by atoms with Crippen molar-refractivity contribution >= 4 is 34.2 Å². The number of fused-ring (bicyclic) bond motifs is 1. The fourth-order valence-electron chi connectivity index (χ4n) is 2.60. The molecule has 8 heteroatoms. The van der Waals surface area contributed by atoms with Gasteiger partial charge in [0.1, 0.15) is 12.1 Å². The molecule has 8 nitrogen and oxygen atoms in total. The van der Waals surface area contributed by atoms with E-state index in [0.29, 0.717) is 39.5 Å². The van der Waals surface area contributed by atoms with Crippen molar-refractivity contribution in [3.05, 3.63) is 48.3 Å². The molecule has 2 N–H and O–H groups in total. The lowest BCUT2D eigenvalue weighted by Crippen LogP contribution is -2.14. The molecule has 3 rings (SSSR count). The summed E-state index contributed by atoms with van der Waals surface area (Å²) in [6, 6.07) is 10.0. The van der Waals surface area contributed by atoms with Crippen LogP contribution in [0.1, 0.15) is 17.3 Å². The number of amides is 2. The molecule has 0 fully saturated rings. The Hall–Kier alpha value is -3.68. The maximum Gasteiger partial charge on any atom is 0.256 e. The molecular formula is C19H18N4O4. The molecule has 2 amide bonds. The molecular weight excluding hydrogens is 348 g/mol. The lowest BCUT2D eigenvalue weighted by Gasteiger charge is -2.12. The Balaban J connectivity index is 1.94. The van der Waals surface area contributed by atoms with Crippen LogP contribution in [-0.4, -0.2) is 36.0 Å². The van der Waals surface area contributed by atoms with Gasteiger partial charge in [-0.05, 0) is 24.3 Å². The Labute approximate surface area is 155 Å². The van der Waals surface area contributed by atoms with E-state index in [1.807, 2.05) is 0 Å². The molecule has 0 spiro atoms. The maximum atomic E-state index is 12.6. The zero-order chi connectivity index (χ0) is 19.4. The average molecular weight is 366 g/mol. The fraction of sp³-hybridized carbons (Fsp3) is 0.158. The minimum absolute atomic E-state index is 0.213. The number of aromatic nitrogens is 2. The number of carbonyl (C=O) groups excluding carboxylic acids is 2. The number of hydrogen-bond acceptors (Lipinski definition) is 6. The van der Waals surface area contributed by atoms with Crippen LogP contribution in [0.2, 0.25) is 0 Å². The van der Waals surface area contributed by atoms with Gasteiger partial charge in [0.05, 0.1) is 19.7 Å². The van der Waals surface area contributed by atoms with Crippen molar-refractivity contribution in [2.45, 2.75) is 6.92 Å². The van der Waals surface area contributed by atoms with Crippen LogP contribution in [0, 0.1) is 0 Å². The molecule has 0 atom stereocenters. The van der Waals surface area contributed by atoms with Crippen molar-refractivity contribution in [3.63, 3.8) is 0 Å². The maximum absolute atomic E-state index is 12.6. The van der Waals surface area contributed by atoms with Crippen LogP contribution >= 0.6 is 0 Å². The highest BCUT2D eigenvalue weighted by Gasteiger charge is 2.14. The van der Waals surface area contributed by atoms with E-state index < -0.39 is 0 Å². The smallest absolute Gasteiger partial charge is 0.256 e. The number of nitrogens with one attached hydrogen (secondary N) is 2. The van der Waals surface area contributed by atoms with Crippen LogP contribution in [0.25, 0.3) is 10.9 Å². The SMILES string of the molecule is COc1cc2ncnc(NC(=O)c3cccc(NC(C)=O)c3)c2cc1OC. The lowest BCUT2D eigenvalue weighted by atomic mass is 10.1. The zero-order valence-electron chi connectivity index (χ0n) is 15.1. The molecule has 0 saturated carbocycles. The monoisotopic (exact) mass is 366 g/mol. The van der Waals surface area contributed by atoms with Gasteiger partial charge in [0, 0.05) is 29.6 Å². The summed E-state index contributed by atoms with van der Waals surface area (Å²) in [6.07, 6.45) is 1.36. The minimum Gasteiger partial charge on any atom is -0.493 e. The number of ether oxygens (including phenoxy) is 2. The molecule has 2 aromatic carbocycles. The summed E-state index contributed by atoms with van der Waals surface area (Å²) >= 11 is 0. The van der Waals surface area contributed by atoms with E-state index in [-0.39, 0.29) is 11.8 Å². The molecule has 27 heavy (non-hydrogen) atoms. The predicted molar refractivity (Wildman–Crippen MR) is 101 cm³/mol. The topological polar surface area (TPSA) is 102 Å². The Kier molecular flexibility index (Phi) is 5.16. The highest BCUT2D eigenvalue weighted by Crippen LogP contribution is 2.33. The van der Waals surface area contributed by atoms with Crippen molar-refractivity contribution in [1.82, 2.24) is 9.97 Å². The fourth-order valence-corrected chi connectivity index (χ4v) is 2.60. The van der Waals surface area contributed by atoms with Gasteiger partial charge in [-0.25, -0.2) is 9.97 Å². The molecule has 0 unspecified atom stereocenters. The van der Waals surface area contributed by atoms with Gasteiger partial charge in [-0.2, -0.15) is 0 Å². The highest BCUT2D eigenvalue weighted by molar-refractivity contribution is 6.08. The minimum atomic E-state index is -0.364. The van der Waals surface area contributed by atoms with E-state index in [2.05, 4.69) is 20.6 Å². The van der Waals surface area contributed by atoms with Crippen LogP contribution in [0.3, 0.4) is 0 Å². The van der Waals surface area contributed by atoms with Crippen molar-refractivity contribution in [3.8, 4) is 11.5 Å². The van der Waals surface area contributed by atoms with Gasteiger partial charge < -0.3 is 20.1 Å². The summed E-state index contributed by atoms with van der Waals surface area (Å²) in [5.41, 5.74) is 1.52. The van der Waals surface area contributed by atoms with Gasteiger partial charge in [-0.3, -0.25) is 9.59 Å². The number of methoxy groups -OCH3 is 2. The second-order valence-corrected chi connectivity index (χ2v) is 5.66. The first-order valence-electron chi connectivity index (χ1n) is 8.07. The van der Waals surface area contributed by atoms with Crippen LogP contribution in [0.15, 0.2) is 42.7 Å². The Morgan fingerprint density at radius 3 is 2.41 bits per heavy atom. The molecule has 0 radical (unpaired) electrons. The van der Waals surface area contributed by atoms with Crippen LogP contribution in [0.4, 0.5) is 11.5 Å². The Morgan fingerprint density at radius 1 is 0.963 bits per heavy atom. The van der Waals surface area contributed by atoms with Crippen LogP contribution < -0.4 is 20.1 Å². The number of nitrogens with zero attached hydrogens (tertiary/aromatic N) is 2. The summed E-state index contributed by atoms with van der Waals surface area (Å²) < 4.78 is 10.6. The van der Waals surface area contributed by atoms with Crippen LogP contribution in [-0.2, 0) is 4.79 Å². The largest absolute Gasteiger partial charge is 0.493 e. The van der Waals surface area contributed by atoms with Crippen LogP contribution in [0.5, 0.6) is 11.5 Å². The molecule has 0 aliphatic heterocycles. The molecule has 0 saturated heterocycles. The Bertz CT molecular complexity index is 1020. The van der Waals surface area contributed by atoms with E-state index in [1.54, 1.807) is 36.4 Å². The zero-order valence-corrected chi connectivity index (χ0v) is 15.1. The second-order valence-electron chi connectivity index (χ2n) is 5.66. The van der Waals surface area contributed by atoms with E-state index in [4.69, 9.17) is 9.47 Å². The first-order chi connectivity index (χ1) is 13.0. The van der Waals surface area contributed by atoms with E-state index >= 15 is 0 Å². The molecule has 0 aliphatic rings. The van der Waals surface area contributed by atoms with E-state index in [9.17, 15) is 9.59 Å². The standard InChI is InChI=1S/C19H18N4O4/c1-11(24)22-13-6-4-5-12(7-13)19(25)23-18-14-8-16(26-2)17(27-3)9-15(14)20-10-21-18/h4-10H,1-3H3,(H,22,24)(H,20,21,23,25). The van der Waals surface area contributed by atoms with Gasteiger partial charge in [0.25, 0.3) is 5.91 Å². The first kappa shape index (κ1) is 18.1. The third kappa shape index (κ3) is 3.95. The highest BCUT2D eigenvalue weighted by atomic mass is 16.5. The summed E-state index contributed by atoms with van der Waals surface area (Å²) in [5.74, 6) is 0.801. The van der Waals surface area contributed by atoms with E-state index in [0.717, 1.165) is 0 Å². The number of rotatable bonds is 5. The summed E-state index contributed by atoms with van der Waals surface area (Å²) in [5, 5.41) is 6.03. The van der Waals surface area contributed by atoms with Crippen molar-refractivity contribution < 1.29 is 19.1 Å². The molecule has 1 aromatic heterocycles. The summed E-state index contributed by atoms with van der Waals surface area (Å²) in [6.45, 7) is 1.40. The number of benzene rings is 2. The quantitative estimate of drug-likeness (QED) is 0.720. The number of carbonyl (C=O) groups is 2. The third-order valence-electron chi connectivity index (χ3n) is 3.82. The van der Waals surface area contributed by atoms with Gasteiger partial charge in [0.2, 0.25) is 5.91 Å². The molecule has 0 aliphatic carbocycles. The second kappa shape index (κ2) is 7.69. The van der Waals surface area contributed by atoms with E-state index in [1.165, 1.54) is 27.5 Å². The molecule has 0 bridgehead atoms. The normalized spacial score (nSPS) is 10.3. The van der Waals surface area contributed by atoms with Gasteiger partial charge in [-0.1, -0.05) is 6.07 Å². The molecule has 3 aromatic rings. The van der Waals surface area contributed by atoms with Crippen molar-refractivity contribution in [2.24, 2.45) is 0 Å². The van der Waals surface area contributed by atoms with Gasteiger partial charge in [0.15, 0.2) is 11.5 Å². The molecule has 1 heterocycles.